The zero-order valence-corrected chi connectivity index (χ0v) is 12.2. The average molecular weight is 323 g/mol. The number of hydrogen-bond acceptors (Lipinski definition) is 5. The molecule has 1 amide bonds. The van der Waals surface area contributed by atoms with Crippen molar-refractivity contribution in [2.75, 3.05) is 26.3 Å². The molecule has 0 aromatic heterocycles. The summed E-state index contributed by atoms with van der Waals surface area (Å²) in [5, 5.41) is 13.3. The molecule has 1 aromatic carbocycles. The third kappa shape index (κ3) is 6.29. The zero-order valence-electron chi connectivity index (χ0n) is 10.6. The molecule has 0 heterocycles. The van der Waals surface area contributed by atoms with Crippen LogP contribution in [0.15, 0.2) is 18.2 Å². The zero-order chi connectivity index (χ0) is 15.0. The number of halogens is 2. The molecule has 112 valence electrons. The molecule has 0 saturated heterocycles. The Morgan fingerprint density at radius 3 is 2.65 bits per heavy atom. The van der Waals surface area contributed by atoms with Gasteiger partial charge in [0.1, 0.15) is 19.3 Å². The van der Waals surface area contributed by atoms with E-state index in [4.69, 9.17) is 33.7 Å². The molecule has 0 spiro atoms. The first-order chi connectivity index (χ1) is 9.50. The fourth-order valence-electron chi connectivity index (χ4n) is 1.35. The van der Waals surface area contributed by atoms with E-state index in [9.17, 15) is 9.90 Å². The summed E-state index contributed by atoms with van der Waals surface area (Å²) in [7, 11) is 0. The van der Waals surface area contributed by atoms with Crippen LogP contribution in [0.2, 0.25) is 10.0 Å². The van der Waals surface area contributed by atoms with Gasteiger partial charge in [-0.05, 0) is 12.1 Å². The minimum absolute atomic E-state index is 0.0349. The first-order valence-corrected chi connectivity index (χ1v) is 6.64. The highest BCUT2D eigenvalue weighted by atomic mass is 35.5. The van der Waals surface area contributed by atoms with Crippen molar-refractivity contribution in [1.29, 1.82) is 0 Å². The molecule has 20 heavy (non-hydrogen) atoms. The molecule has 0 saturated carbocycles. The largest absolute Gasteiger partial charge is 0.488 e. The molecule has 0 bridgehead atoms. The second-order valence-corrected chi connectivity index (χ2v) is 4.70. The first-order valence-electron chi connectivity index (χ1n) is 5.88. The number of carbonyl (C=O) groups excluding carboxylic acids is 1. The number of carbonyl (C=O) groups is 1. The Bertz CT molecular complexity index is 425. The maximum Gasteiger partial charge on any atom is 0.404 e. The van der Waals surface area contributed by atoms with E-state index >= 15 is 0 Å². The Labute approximate surface area is 126 Å². The van der Waals surface area contributed by atoms with Gasteiger partial charge >= 0.3 is 6.09 Å². The van der Waals surface area contributed by atoms with Crippen molar-refractivity contribution in [1.82, 2.24) is 5.32 Å². The van der Waals surface area contributed by atoms with Gasteiger partial charge in [-0.1, -0.05) is 29.3 Å². The topological polar surface area (TPSA) is 93.8 Å². The lowest BCUT2D eigenvalue weighted by molar-refractivity contribution is 0.104. The molecular weight excluding hydrogens is 307 g/mol. The van der Waals surface area contributed by atoms with Gasteiger partial charge in [-0.15, -0.1) is 0 Å². The number of nitrogens with two attached hydrogens (primary N) is 1. The lowest BCUT2D eigenvalue weighted by Gasteiger charge is -2.14. The number of rotatable bonds is 8. The molecule has 0 radical (unpaired) electrons. The highest BCUT2D eigenvalue weighted by Crippen LogP contribution is 2.32. The van der Waals surface area contributed by atoms with E-state index in [1.807, 2.05) is 0 Å². The Hall–Kier alpha value is -1.21. The van der Waals surface area contributed by atoms with Crippen LogP contribution in [0.3, 0.4) is 0 Å². The van der Waals surface area contributed by atoms with Crippen LogP contribution in [-0.4, -0.2) is 43.6 Å². The number of benzene rings is 1. The van der Waals surface area contributed by atoms with E-state index in [-0.39, 0.29) is 19.8 Å². The molecule has 0 fully saturated rings. The van der Waals surface area contributed by atoms with Crippen molar-refractivity contribution < 1.29 is 19.4 Å². The summed E-state index contributed by atoms with van der Waals surface area (Å²) in [6, 6.07) is 5.00. The van der Waals surface area contributed by atoms with Gasteiger partial charge < -0.3 is 25.6 Å². The van der Waals surface area contributed by atoms with Crippen molar-refractivity contribution in [3.63, 3.8) is 0 Å². The van der Waals surface area contributed by atoms with Gasteiger partial charge in [0.2, 0.25) is 0 Å². The summed E-state index contributed by atoms with van der Waals surface area (Å²) in [4.78, 5) is 10.3. The van der Waals surface area contributed by atoms with E-state index in [2.05, 4.69) is 10.1 Å². The number of hydrogen-bond donors (Lipinski definition) is 3. The molecule has 0 aliphatic rings. The van der Waals surface area contributed by atoms with Crippen LogP contribution in [-0.2, 0) is 4.74 Å². The maximum absolute atomic E-state index is 10.3. The summed E-state index contributed by atoms with van der Waals surface area (Å²) in [5.74, 6) is 0.340. The lowest BCUT2D eigenvalue weighted by atomic mass is 10.3. The summed E-state index contributed by atoms with van der Waals surface area (Å²) >= 11 is 11.8. The number of primary amides is 1. The Kier molecular flexibility index (Phi) is 7.46. The van der Waals surface area contributed by atoms with Crippen molar-refractivity contribution in [2.24, 2.45) is 5.73 Å². The number of aliphatic hydroxyl groups excluding tert-OH is 1. The Balaban J connectivity index is 2.23. The number of aliphatic hydroxyl groups is 1. The predicted molar refractivity (Wildman–Crippen MR) is 76.4 cm³/mol. The van der Waals surface area contributed by atoms with Crippen LogP contribution in [0.4, 0.5) is 4.79 Å². The molecular formula is C12H16Cl2N2O4. The standard InChI is InChI=1S/C12H16Cl2N2O4/c13-9-2-1-3-10(14)11(9)20-7-8(17)6-16-4-5-19-12(15)18/h1-3,8,16-17H,4-7H2,(H2,15,18). The van der Waals surface area contributed by atoms with E-state index in [1.54, 1.807) is 18.2 Å². The first kappa shape index (κ1) is 16.8. The van der Waals surface area contributed by atoms with Gasteiger partial charge in [0.25, 0.3) is 0 Å². The number of para-hydroxylation sites is 1. The number of nitrogens with one attached hydrogen (secondary N) is 1. The third-order valence-electron chi connectivity index (χ3n) is 2.24. The highest BCUT2D eigenvalue weighted by molar-refractivity contribution is 6.37. The van der Waals surface area contributed by atoms with Gasteiger partial charge in [0, 0.05) is 13.1 Å². The van der Waals surface area contributed by atoms with Crippen molar-refractivity contribution >= 4 is 29.3 Å². The SMILES string of the molecule is NC(=O)OCCNCC(O)COc1c(Cl)cccc1Cl. The quantitative estimate of drug-likeness (QED) is 0.629. The van der Waals surface area contributed by atoms with Crippen LogP contribution in [0.1, 0.15) is 0 Å². The number of amides is 1. The van der Waals surface area contributed by atoms with Crippen LogP contribution in [0.5, 0.6) is 5.75 Å². The fourth-order valence-corrected chi connectivity index (χ4v) is 1.86. The lowest BCUT2D eigenvalue weighted by Crippen LogP contribution is -2.34. The van der Waals surface area contributed by atoms with Crippen LogP contribution < -0.4 is 15.8 Å². The molecule has 1 atom stereocenters. The third-order valence-corrected chi connectivity index (χ3v) is 2.84. The molecule has 0 aliphatic carbocycles. The maximum atomic E-state index is 10.3. The predicted octanol–water partition coefficient (Wildman–Crippen LogP) is 1.42. The van der Waals surface area contributed by atoms with Gasteiger partial charge in [-0.2, -0.15) is 0 Å². The van der Waals surface area contributed by atoms with E-state index in [0.29, 0.717) is 22.3 Å². The minimum atomic E-state index is -0.830. The molecule has 4 N–H and O–H groups in total. The van der Waals surface area contributed by atoms with Crippen molar-refractivity contribution in [2.45, 2.75) is 6.10 Å². The summed E-state index contributed by atoms with van der Waals surface area (Å²) in [5.41, 5.74) is 4.79. The van der Waals surface area contributed by atoms with E-state index in [0.717, 1.165) is 0 Å². The van der Waals surface area contributed by atoms with E-state index in [1.165, 1.54) is 0 Å². The van der Waals surface area contributed by atoms with Gasteiger partial charge in [0.05, 0.1) is 10.0 Å². The molecule has 1 unspecified atom stereocenters. The fraction of sp³-hybridized carbons (Fsp3) is 0.417. The summed E-state index contributed by atoms with van der Waals surface area (Å²) < 4.78 is 9.88. The summed E-state index contributed by atoms with van der Waals surface area (Å²) in [6.07, 6.45) is -1.58. The van der Waals surface area contributed by atoms with Gasteiger partial charge in [0.15, 0.2) is 5.75 Å². The Morgan fingerprint density at radius 1 is 1.40 bits per heavy atom. The molecule has 1 rings (SSSR count). The van der Waals surface area contributed by atoms with Crippen LogP contribution in [0.25, 0.3) is 0 Å². The van der Waals surface area contributed by atoms with E-state index < -0.39 is 12.2 Å². The number of ether oxygens (including phenoxy) is 2. The Morgan fingerprint density at radius 2 is 2.05 bits per heavy atom. The molecule has 1 aromatic rings. The van der Waals surface area contributed by atoms with Gasteiger partial charge in [-0.3, -0.25) is 0 Å². The van der Waals surface area contributed by atoms with Gasteiger partial charge in [-0.25, -0.2) is 4.79 Å². The second-order valence-electron chi connectivity index (χ2n) is 3.89. The average Bonchev–Trinajstić information content (AvgIpc) is 2.37. The molecule has 0 aliphatic heterocycles. The summed E-state index contributed by atoms with van der Waals surface area (Å²) in [6.45, 7) is 0.823. The highest BCUT2D eigenvalue weighted by Gasteiger charge is 2.10. The molecule has 8 heteroatoms. The van der Waals surface area contributed by atoms with Crippen molar-refractivity contribution in [3.8, 4) is 5.75 Å². The molecule has 6 nitrogen and oxygen atoms in total. The minimum Gasteiger partial charge on any atom is -0.488 e. The smallest absolute Gasteiger partial charge is 0.404 e. The van der Waals surface area contributed by atoms with Crippen LogP contribution in [0, 0.1) is 0 Å². The van der Waals surface area contributed by atoms with Crippen LogP contribution >= 0.6 is 23.2 Å². The second kappa shape index (κ2) is 8.86. The normalized spacial score (nSPS) is 11.9. The van der Waals surface area contributed by atoms with Crippen molar-refractivity contribution in [3.05, 3.63) is 28.2 Å². The monoisotopic (exact) mass is 322 g/mol.